The minimum atomic E-state index is -0.679. The van der Waals surface area contributed by atoms with Crippen molar-refractivity contribution in [1.29, 1.82) is 0 Å². The van der Waals surface area contributed by atoms with E-state index in [1.165, 1.54) is 18.7 Å². The smallest absolute Gasteiger partial charge is 0.329 e. The van der Waals surface area contributed by atoms with Crippen LogP contribution in [0.4, 0.5) is 0 Å². The first-order valence-corrected chi connectivity index (χ1v) is 8.82. The molecule has 2 rings (SSSR count). The Kier molecular flexibility index (Phi) is 6.20. The normalized spacial score (nSPS) is 12.2. The van der Waals surface area contributed by atoms with E-state index in [0.29, 0.717) is 5.75 Å². The minimum Gasteiger partial charge on any atom is -0.461 e. The van der Waals surface area contributed by atoms with Crippen LogP contribution >= 0.6 is 11.8 Å². The van der Waals surface area contributed by atoms with Gasteiger partial charge in [-0.25, -0.2) is 4.79 Å². The van der Waals surface area contributed by atoms with Crippen molar-refractivity contribution in [3.8, 4) is 0 Å². The molecule has 0 radical (unpaired) electrons. The number of aromatic nitrogens is 1. The molecule has 0 aliphatic carbocycles. The van der Waals surface area contributed by atoms with Gasteiger partial charge in [0.15, 0.2) is 0 Å². The van der Waals surface area contributed by atoms with Crippen molar-refractivity contribution < 1.29 is 14.3 Å². The maximum absolute atomic E-state index is 12.2. The van der Waals surface area contributed by atoms with Gasteiger partial charge in [0.2, 0.25) is 5.91 Å². The maximum Gasteiger partial charge on any atom is 0.329 e. The second kappa shape index (κ2) is 8.15. The van der Waals surface area contributed by atoms with Gasteiger partial charge in [0, 0.05) is 28.7 Å². The van der Waals surface area contributed by atoms with Crippen molar-refractivity contribution in [2.75, 3.05) is 5.75 Å². The van der Waals surface area contributed by atoms with Crippen molar-refractivity contribution in [3.63, 3.8) is 0 Å². The van der Waals surface area contributed by atoms with Crippen LogP contribution in [0, 0.1) is 6.92 Å². The van der Waals surface area contributed by atoms with Gasteiger partial charge in [0.05, 0.1) is 11.6 Å². The summed E-state index contributed by atoms with van der Waals surface area (Å²) >= 11 is 1.51. The van der Waals surface area contributed by atoms with Crippen molar-refractivity contribution >= 4 is 34.5 Å². The predicted octanol–water partition coefficient (Wildman–Crippen LogP) is 3.09. The zero-order chi connectivity index (χ0) is 17.7. The monoisotopic (exact) mass is 346 g/mol. The zero-order valence-electron chi connectivity index (χ0n) is 14.3. The Bertz CT molecular complexity index is 746. The molecule has 1 N–H and O–H groups in total. The summed E-state index contributed by atoms with van der Waals surface area (Å²) in [5.74, 6) is -0.265. The Labute approximate surface area is 146 Å². The molecular formula is C18H22N2O3S. The van der Waals surface area contributed by atoms with Crippen molar-refractivity contribution in [2.45, 2.75) is 44.7 Å². The third kappa shape index (κ3) is 4.96. The highest BCUT2D eigenvalue weighted by Crippen LogP contribution is 2.28. The fourth-order valence-corrected chi connectivity index (χ4v) is 3.44. The number of carbonyl (C=O) groups excluding carboxylic acids is 2. The molecule has 128 valence electrons. The number of benzene rings is 1. The number of thioether (sulfide) groups is 1. The van der Waals surface area contributed by atoms with Crippen LogP contribution < -0.4 is 5.32 Å². The van der Waals surface area contributed by atoms with Crippen LogP contribution in [-0.2, 0) is 14.3 Å². The van der Waals surface area contributed by atoms with Crippen LogP contribution in [0.15, 0.2) is 35.2 Å². The molecule has 0 aliphatic heterocycles. The lowest BCUT2D eigenvalue weighted by atomic mass is 10.2. The van der Waals surface area contributed by atoms with Crippen molar-refractivity contribution in [3.05, 3.63) is 36.0 Å². The molecular weight excluding hydrogens is 324 g/mol. The molecule has 0 saturated heterocycles. The van der Waals surface area contributed by atoms with Crippen LogP contribution in [-0.4, -0.2) is 34.8 Å². The van der Waals surface area contributed by atoms with E-state index in [-0.39, 0.29) is 12.0 Å². The van der Waals surface area contributed by atoms with Gasteiger partial charge < -0.3 is 10.1 Å². The molecule has 1 aromatic heterocycles. The van der Waals surface area contributed by atoms with E-state index in [1.807, 2.05) is 37.3 Å². The molecule has 2 aromatic rings. The van der Waals surface area contributed by atoms with Crippen LogP contribution in [0.1, 0.15) is 26.5 Å². The van der Waals surface area contributed by atoms with E-state index in [2.05, 4.69) is 10.3 Å². The molecule has 1 heterocycles. The molecule has 0 unspecified atom stereocenters. The van der Waals surface area contributed by atoms with Gasteiger partial charge in [-0.1, -0.05) is 18.2 Å². The fraction of sp³-hybridized carbons (Fsp3) is 0.389. The molecule has 0 fully saturated rings. The lowest BCUT2D eigenvalue weighted by molar-refractivity contribution is -0.150. The molecule has 1 atom stereocenters. The van der Waals surface area contributed by atoms with Gasteiger partial charge in [0.1, 0.15) is 6.04 Å². The van der Waals surface area contributed by atoms with E-state index in [4.69, 9.17) is 4.74 Å². The van der Waals surface area contributed by atoms with Gasteiger partial charge in [-0.2, -0.15) is 0 Å². The highest BCUT2D eigenvalue weighted by molar-refractivity contribution is 7.99. The second-order valence-corrected chi connectivity index (χ2v) is 6.89. The number of ether oxygens (including phenoxy) is 1. The number of hydrogen-bond acceptors (Lipinski definition) is 5. The standard InChI is InChI=1S/C18H22N2O3S/c1-11(2)23-18(22)16(20-13(4)21)10-24-17-9-12(3)19-15-8-6-5-7-14(15)17/h5-9,11,16H,10H2,1-4H3,(H,20,21)/t16-/m1/s1. The van der Waals surface area contributed by atoms with E-state index >= 15 is 0 Å². The van der Waals surface area contributed by atoms with Crippen LogP contribution in [0.5, 0.6) is 0 Å². The third-order valence-corrected chi connectivity index (χ3v) is 4.37. The number of hydrogen-bond donors (Lipinski definition) is 1. The number of aryl methyl sites for hydroxylation is 1. The van der Waals surface area contributed by atoms with E-state index in [9.17, 15) is 9.59 Å². The molecule has 1 aromatic carbocycles. The summed E-state index contributed by atoms with van der Waals surface area (Å²) in [4.78, 5) is 29.1. The number of pyridine rings is 1. The first kappa shape index (κ1) is 18.3. The van der Waals surface area contributed by atoms with Gasteiger partial charge in [-0.05, 0) is 32.9 Å². The number of fused-ring (bicyclic) bond motifs is 1. The number of para-hydroxylation sites is 1. The average molecular weight is 346 g/mol. The number of nitrogens with zero attached hydrogens (tertiary/aromatic N) is 1. The molecule has 5 nitrogen and oxygen atoms in total. The molecule has 0 spiro atoms. The zero-order valence-corrected chi connectivity index (χ0v) is 15.1. The van der Waals surface area contributed by atoms with E-state index in [0.717, 1.165) is 21.5 Å². The third-order valence-electron chi connectivity index (χ3n) is 3.23. The Morgan fingerprint density at radius 3 is 2.67 bits per heavy atom. The molecule has 1 amide bonds. The summed E-state index contributed by atoms with van der Waals surface area (Å²) in [7, 11) is 0. The fourth-order valence-electron chi connectivity index (χ4n) is 2.29. The Balaban J connectivity index is 2.19. The minimum absolute atomic E-state index is 0.220. The number of amides is 1. The summed E-state index contributed by atoms with van der Waals surface area (Å²) in [6, 6.07) is 9.19. The van der Waals surface area contributed by atoms with E-state index < -0.39 is 12.0 Å². The SMILES string of the molecule is CC(=O)N[C@H](CSc1cc(C)nc2ccccc12)C(=O)OC(C)C. The van der Waals surface area contributed by atoms with Crippen LogP contribution in [0.3, 0.4) is 0 Å². The largest absolute Gasteiger partial charge is 0.461 e. The Hall–Kier alpha value is -2.08. The number of rotatable bonds is 6. The molecule has 0 saturated carbocycles. The quantitative estimate of drug-likeness (QED) is 0.643. The lowest BCUT2D eigenvalue weighted by Crippen LogP contribution is -2.43. The predicted molar refractivity (Wildman–Crippen MR) is 96.0 cm³/mol. The van der Waals surface area contributed by atoms with Crippen molar-refractivity contribution in [1.82, 2.24) is 10.3 Å². The summed E-state index contributed by atoms with van der Waals surface area (Å²) in [6.45, 7) is 6.91. The van der Waals surface area contributed by atoms with Crippen LogP contribution in [0.2, 0.25) is 0 Å². The highest BCUT2D eigenvalue weighted by atomic mass is 32.2. The number of carbonyl (C=O) groups is 2. The maximum atomic E-state index is 12.2. The summed E-state index contributed by atoms with van der Waals surface area (Å²) in [5.41, 5.74) is 1.83. The second-order valence-electron chi connectivity index (χ2n) is 5.83. The summed E-state index contributed by atoms with van der Waals surface area (Å²) < 4.78 is 5.23. The van der Waals surface area contributed by atoms with Crippen molar-refractivity contribution in [2.24, 2.45) is 0 Å². The molecule has 0 bridgehead atoms. The summed E-state index contributed by atoms with van der Waals surface area (Å²) in [6.07, 6.45) is -0.220. The first-order chi connectivity index (χ1) is 11.4. The first-order valence-electron chi connectivity index (χ1n) is 7.83. The van der Waals surface area contributed by atoms with Gasteiger partial charge in [-0.15, -0.1) is 11.8 Å². The Morgan fingerprint density at radius 2 is 2.00 bits per heavy atom. The summed E-state index contributed by atoms with van der Waals surface area (Å²) in [5, 5.41) is 3.70. The van der Waals surface area contributed by atoms with Gasteiger partial charge >= 0.3 is 5.97 Å². The molecule has 24 heavy (non-hydrogen) atoms. The van der Waals surface area contributed by atoms with Gasteiger partial charge in [-0.3, -0.25) is 9.78 Å². The number of nitrogens with one attached hydrogen (secondary N) is 1. The Morgan fingerprint density at radius 1 is 1.29 bits per heavy atom. The van der Waals surface area contributed by atoms with E-state index in [1.54, 1.807) is 13.8 Å². The average Bonchev–Trinajstić information content (AvgIpc) is 2.49. The lowest BCUT2D eigenvalue weighted by Gasteiger charge is -2.18. The topological polar surface area (TPSA) is 68.3 Å². The molecule has 6 heteroatoms. The van der Waals surface area contributed by atoms with Crippen LogP contribution in [0.25, 0.3) is 10.9 Å². The van der Waals surface area contributed by atoms with Gasteiger partial charge in [0.25, 0.3) is 0 Å². The highest BCUT2D eigenvalue weighted by Gasteiger charge is 2.22. The number of esters is 1. The molecule has 0 aliphatic rings.